The van der Waals surface area contributed by atoms with E-state index in [1.165, 1.54) is 0 Å². The number of ether oxygens (including phenoxy) is 1. The normalized spacial score (nSPS) is 17.8. The zero-order valence-corrected chi connectivity index (χ0v) is 15.4. The third-order valence-electron chi connectivity index (χ3n) is 4.69. The summed E-state index contributed by atoms with van der Waals surface area (Å²) >= 11 is 0. The van der Waals surface area contributed by atoms with Crippen LogP contribution in [-0.2, 0) is 9.53 Å². The van der Waals surface area contributed by atoms with Crippen LogP contribution in [0.15, 0.2) is 60.7 Å². The molecule has 25 heavy (non-hydrogen) atoms. The summed E-state index contributed by atoms with van der Waals surface area (Å²) in [5.41, 5.74) is 1.97. The van der Waals surface area contributed by atoms with Crippen molar-refractivity contribution in [3.63, 3.8) is 0 Å². The van der Waals surface area contributed by atoms with E-state index in [0.717, 1.165) is 43.6 Å². The van der Waals surface area contributed by atoms with Crippen LogP contribution in [0.25, 0.3) is 0 Å². The largest absolute Gasteiger partial charge is 1.00 e. The number of hydrogen-bond donors (Lipinski definition) is 0. The Bertz CT molecular complexity index is 614. The Morgan fingerprint density at radius 2 is 1.68 bits per heavy atom. The van der Waals surface area contributed by atoms with E-state index in [4.69, 9.17) is 4.74 Å². The van der Waals surface area contributed by atoms with Gasteiger partial charge in [0.25, 0.3) is 0 Å². The Labute approximate surface area is 157 Å². The molecule has 3 rings (SSSR count). The first-order valence-electron chi connectivity index (χ1n) is 8.80. The molecule has 134 valence electrons. The Hall–Kier alpha value is -1.84. The number of rotatable bonds is 5. The minimum atomic E-state index is -0.357. The molecule has 1 unspecified atom stereocenters. The fourth-order valence-corrected chi connectivity index (χ4v) is 3.38. The predicted molar refractivity (Wildman–Crippen MR) is 97.1 cm³/mol. The monoisotopic (exact) mass is 359 g/mol. The van der Waals surface area contributed by atoms with E-state index in [1.807, 2.05) is 60.7 Å². The van der Waals surface area contributed by atoms with E-state index in [2.05, 4.69) is 11.8 Å². The predicted octanol–water partition coefficient (Wildman–Crippen LogP) is 0.962. The molecule has 4 heteroatoms. The summed E-state index contributed by atoms with van der Waals surface area (Å²) in [7, 11) is 0. The molecule has 0 amide bonds. The highest BCUT2D eigenvalue weighted by molar-refractivity contribution is 5.82. The van der Waals surface area contributed by atoms with Gasteiger partial charge in [-0.1, -0.05) is 67.6 Å². The lowest BCUT2D eigenvalue weighted by Gasteiger charge is -2.32. The maximum Gasteiger partial charge on any atom is 1.00 e. The lowest BCUT2D eigenvalue weighted by Crippen LogP contribution is -3.00. The van der Waals surface area contributed by atoms with Gasteiger partial charge in [-0.15, -0.1) is 0 Å². The number of piperidine rings is 1. The van der Waals surface area contributed by atoms with Crippen LogP contribution in [0, 0.1) is 0 Å². The van der Waals surface area contributed by atoms with Crippen LogP contribution >= 0.6 is 0 Å². The fraction of sp³-hybridized carbons (Fsp3) is 0.381. The third kappa shape index (κ3) is 5.07. The molecule has 1 heterocycles. The zero-order valence-electron chi connectivity index (χ0n) is 15.6. The summed E-state index contributed by atoms with van der Waals surface area (Å²) in [6, 6.07) is 19.8. The van der Waals surface area contributed by atoms with Crippen molar-refractivity contribution in [1.82, 2.24) is 4.90 Å². The van der Waals surface area contributed by atoms with Gasteiger partial charge in [-0.25, -0.2) is 0 Å². The molecule has 0 N–H and O–H groups in total. The van der Waals surface area contributed by atoms with E-state index in [-0.39, 0.29) is 31.8 Å². The number of hydrogen-bond acceptors (Lipinski definition) is 3. The summed E-state index contributed by atoms with van der Waals surface area (Å²) in [5.74, 6) is -0.500. The first-order chi connectivity index (χ1) is 11.8. The highest BCUT2D eigenvalue weighted by atomic mass is 35.5. The molecular formula is C21H26ClNO2. The maximum absolute atomic E-state index is 13.0. The highest BCUT2D eigenvalue weighted by Crippen LogP contribution is 2.27. The van der Waals surface area contributed by atoms with Crippen molar-refractivity contribution >= 4 is 5.97 Å². The van der Waals surface area contributed by atoms with Gasteiger partial charge in [-0.2, -0.15) is 0 Å². The summed E-state index contributed by atoms with van der Waals surface area (Å²) in [4.78, 5) is 15.3. The van der Waals surface area contributed by atoms with Crippen molar-refractivity contribution in [3.8, 4) is 0 Å². The Morgan fingerprint density at radius 3 is 2.20 bits per heavy atom. The fourth-order valence-electron chi connectivity index (χ4n) is 3.38. The van der Waals surface area contributed by atoms with Crippen LogP contribution in [0.3, 0.4) is 0 Å². The Kier molecular flexibility index (Phi) is 7.48. The quantitative estimate of drug-likeness (QED) is 0.745. The van der Waals surface area contributed by atoms with E-state index < -0.39 is 0 Å². The van der Waals surface area contributed by atoms with E-state index in [0.29, 0.717) is 0 Å². The molecule has 0 aliphatic carbocycles. The summed E-state index contributed by atoms with van der Waals surface area (Å²) in [6.07, 6.45) is 2.05. The van der Waals surface area contributed by atoms with Crippen molar-refractivity contribution in [2.75, 3.05) is 19.6 Å². The van der Waals surface area contributed by atoms with Crippen molar-refractivity contribution < 1.29 is 23.4 Å². The summed E-state index contributed by atoms with van der Waals surface area (Å²) < 4.78 is 5.91. The van der Waals surface area contributed by atoms with Crippen molar-refractivity contribution in [3.05, 3.63) is 71.8 Å². The lowest BCUT2D eigenvalue weighted by molar-refractivity contribution is -0.152. The van der Waals surface area contributed by atoms with Gasteiger partial charge in [-0.05, 0) is 37.1 Å². The highest BCUT2D eigenvalue weighted by Gasteiger charge is 2.28. The molecule has 0 saturated carbocycles. The second-order valence-corrected chi connectivity index (χ2v) is 6.35. The zero-order chi connectivity index (χ0) is 16.8. The van der Waals surface area contributed by atoms with Crippen molar-refractivity contribution in [2.24, 2.45) is 0 Å². The minimum absolute atomic E-state index is 0. The number of nitrogens with zero attached hydrogens (tertiary/aromatic N) is 1. The first-order valence-corrected chi connectivity index (χ1v) is 8.80. The number of likely N-dealkylation sites (tertiary alicyclic amines) is 1. The third-order valence-corrected chi connectivity index (χ3v) is 4.69. The van der Waals surface area contributed by atoms with E-state index in [1.54, 1.807) is 0 Å². The second kappa shape index (κ2) is 9.59. The van der Waals surface area contributed by atoms with E-state index in [9.17, 15) is 4.79 Å². The molecule has 1 fully saturated rings. The van der Waals surface area contributed by atoms with Gasteiger partial charge >= 0.3 is 7.40 Å². The van der Waals surface area contributed by atoms with Crippen molar-refractivity contribution in [1.29, 1.82) is 0 Å². The number of likely N-dealkylation sites (N-methyl/N-ethyl adjacent to an activating group) is 1. The smallest absolute Gasteiger partial charge is 1.00 e. The lowest BCUT2D eigenvalue weighted by atomic mass is 9.91. The number of carbonyl (C=O) groups is 1. The topological polar surface area (TPSA) is 29.5 Å². The molecule has 0 bridgehead atoms. The van der Waals surface area contributed by atoms with Gasteiger partial charge in [0.15, 0.2) is 0 Å². The molecule has 2 aromatic carbocycles. The molecule has 0 spiro atoms. The van der Waals surface area contributed by atoms with Gasteiger partial charge in [0, 0.05) is 6.54 Å². The van der Waals surface area contributed by atoms with Crippen LogP contribution < -0.4 is 12.4 Å². The molecule has 3 nitrogen and oxygen atoms in total. The van der Waals surface area contributed by atoms with Gasteiger partial charge in [0.1, 0.15) is 12.0 Å². The molecule has 1 atom stereocenters. The number of benzene rings is 2. The molecule has 1 saturated heterocycles. The summed E-state index contributed by atoms with van der Waals surface area (Å²) in [6.45, 7) is 5.11. The van der Waals surface area contributed by atoms with Crippen LogP contribution in [-0.4, -0.2) is 36.6 Å². The van der Waals surface area contributed by atoms with Crippen LogP contribution in [0.2, 0.25) is 0 Å². The van der Waals surface area contributed by atoms with Gasteiger partial charge in [0.05, 0.1) is 0 Å². The average Bonchev–Trinajstić information content (AvgIpc) is 2.64. The molecule has 0 radical (unpaired) electrons. The van der Waals surface area contributed by atoms with Crippen LogP contribution in [0.4, 0.5) is 0 Å². The second-order valence-electron chi connectivity index (χ2n) is 6.35. The van der Waals surface area contributed by atoms with Crippen LogP contribution in [0.1, 0.15) is 38.2 Å². The van der Waals surface area contributed by atoms with Gasteiger partial charge in [0.2, 0.25) is 0 Å². The summed E-state index contributed by atoms with van der Waals surface area (Å²) in [5, 5.41) is 0. The van der Waals surface area contributed by atoms with E-state index >= 15 is 0 Å². The molecule has 2 aromatic rings. The average molecular weight is 360 g/mol. The molecule has 1 aliphatic heterocycles. The Balaban J connectivity index is 0.00000169. The Morgan fingerprint density at radius 1 is 1.12 bits per heavy atom. The van der Waals surface area contributed by atoms with Crippen molar-refractivity contribution in [2.45, 2.75) is 31.8 Å². The maximum atomic E-state index is 13.0. The molecule has 0 aromatic heterocycles. The first kappa shape index (κ1) is 19.5. The van der Waals surface area contributed by atoms with Gasteiger partial charge < -0.3 is 17.1 Å². The van der Waals surface area contributed by atoms with Gasteiger partial charge in [-0.3, -0.25) is 9.69 Å². The molecular weight excluding hydrogens is 334 g/mol. The number of carbonyl (C=O) groups excluding carboxylic acids is 1. The molecule has 1 aliphatic rings. The van der Waals surface area contributed by atoms with Crippen LogP contribution in [0.5, 0.6) is 0 Å². The standard InChI is InChI=1S/C21H25NO2.ClH/c1-2-22-15-9-14-19(16-22)24-21(23)20(17-10-5-3-6-11-17)18-12-7-4-8-13-18;/h3-8,10-13,19-20H,2,9,14-16H2,1H3;1H. The SMILES string of the molecule is CCN1CCCC(OC(=O)C(c2ccccc2)c2ccccc2)C1.[Cl-].[H+]. The minimum Gasteiger partial charge on any atom is -1.00 e. The number of halogens is 1. The number of esters is 1.